The van der Waals surface area contributed by atoms with Crippen LogP contribution < -0.4 is 0 Å². The van der Waals surface area contributed by atoms with Gasteiger partial charge in [-0.2, -0.15) is 4.98 Å². The first-order valence-corrected chi connectivity index (χ1v) is 11.5. The number of nitrogens with zero attached hydrogens (tertiary/aromatic N) is 5. The van der Waals surface area contributed by atoms with Crippen molar-refractivity contribution in [2.24, 2.45) is 0 Å². The number of carbonyl (C=O) groups excluding carboxylic acids is 1. The van der Waals surface area contributed by atoms with E-state index in [0.29, 0.717) is 11.7 Å². The summed E-state index contributed by atoms with van der Waals surface area (Å²) in [7, 11) is 0. The van der Waals surface area contributed by atoms with Gasteiger partial charge in [0.25, 0.3) is 0 Å². The van der Waals surface area contributed by atoms with Crippen molar-refractivity contribution in [3.63, 3.8) is 0 Å². The van der Waals surface area contributed by atoms with E-state index in [-0.39, 0.29) is 5.91 Å². The number of thiazole rings is 1. The molecule has 4 rings (SSSR count). The monoisotopic (exact) mass is 437 g/mol. The molecule has 0 saturated carbocycles. The van der Waals surface area contributed by atoms with E-state index in [1.54, 1.807) is 23.5 Å². The van der Waals surface area contributed by atoms with Crippen LogP contribution in [-0.2, 0) is 11.2 Å². The van der Waals surface area contributed by atoms with Crippen molar-refractivity contribution in [2.45, 2.75) is 26.7 Å². The Hall–Kier alpha value is -2.84. The number of rotatable bonds is 7. The number of hydrogen-bond acceptors (Lipinski definition) is 7. The van der Waals surface area contributed by atoms with Crippen molar-refractivity contribution in [2.75, 3.05) is 32.7 Å². The predicted octanol–water partition coefficient (Wildman–Crippen LogP) is 3.60. The van der Waals surface area contributed by atoms with Crippen molar-refractivity contribution in [1.82, 2.24) is 24.9 Å². The fourth-order valence-electron chi connectivity index (χ4n) is 3.54. The number of carbonyl (C=O) groups is 1. The average Bonchev–Trinajstić information content (AvgIpc) is 3.42. The molecule has 8 heteroatoms. The van der Waals surface area contributed by atoms with Gasteiger partial charge in [0.2, 0.25) is 17.6 Å². The first kappa shape index (κ1) is 21.4. The number of amides is 1. The van der Waals surface area contributed by atoms with Crippen LogP contribution in [0.5, 0.6) is 0 Å². The third-order valence-electron chi connectivity index (χ3n) is 5.36. The highest BCUT2D eigenvalue weighted by molar-refractivity contribution is 7.09. The maximum absolute atomic E-state index is 12.4. The molecule has 0 atom stereocenters. The lowest BCUT2D eigenvalue weighted by Gasteiger charge is -2.34. The summed E-state index contributed by atoms with van der Waals surface area (Å²) in [5.41, 5.74) is 3.03. The zero-order valence-electron chi connectivity index (χ0n) is 18.0. The molecule has 1 aromatic carbocycles. The molecule has 0 aliphatic carbocycles. The summed E-state index contributed by atoms with van der Waals surface area (Å²) in [4.78, 5) is 25.5. The molecule has 7 nitrogen and oxygen atoms in total. The van der Waals surface area contributed by atoms with Crippen LogP contribution in [0.25, 0.3) is 17.5 Å². The maximum Gasteiger partial charge on any atom is 0.246 e. The van der Waals surface area contributed by atoms with E-state index in [1.165, 1.54) is 5.56 Å². The van der Waals surface area contributed by atoms with Crippen LogP contribution in [0.4, 0.5) is 0 Å². The molecule has 3 aromatic rings. The van der Waals surface area contributed by atoms with Crippen LogP contribution in [0.1, 0.15) is 28.6 Å². The molecule has 0 bridgehead atoms. The highest BCUT2D eigenvalue weighted by atomic mass is 32.1. The topological polar surface area (TPSA) is 75.4 Å². The summed E-state index contributed by atoms with van der Waals surface area (Å²) in [6.07, 6.45) is 5.14. The van der Waals surface area contributed by atoms with E-state index in [2.05, 4.69) is 26.9 Å². The molecule has 2 aromatic heterocycles. The number of piperazine rings is 1. The minimum Gasteiger partial charge on any atom is -0.339 e. The van der Waals surface area contributed by atoms with Gasteiger partial charge in [0.15, 0.2) is 0 Å². The Labute approximate surface area is 186 Å². The molecule has 1 aliphatic rings. The first-order chi connectivity index (χ1) is 15.1. The molecule has 1 amide bonds. The van der Waals surface area contributed by atoms with E-state index >= 15 is 0 Å². The molecule has 162 valence electrons. The summed E-state index contributed by atoms with van der Waals surface area (Å²) in [6, 6.07) is 8.12. The first-order valence-electron chi connectivity index (χ1n) is 10.6. The Morgan fingerprint density at radius 1 is 1.13 bits per heavy atom. The van der Waals surface area contributed by atoms with Gasteiger partial charge in [0, 0.05) is 49.6 Å². The molecule has 1 saturated heterocycles. The number of benzene rings is 1. The Bertz CT molecular complexity index is 1030. The van der Waals surface area contributed by atoms with E-state index < -0.39 is 0 Å². The van der Waals surface area contributed by atoms with E-state index in [1.807, 2.05) is 41.5 Å². The summed E-state index contributed by atoms with van der Waals surface area (Å²) in [6.45, 7) is 8.24. The van der Waals surface area contributed by atoms with Crippen LogP contribution >= 0.6 is 11.3 Å². The van der Waals surface area contributed by atoms with E-state index in [4.69, 9.17) is 4.52 Å². The number of aromatic nitrogens is 3. The third-order valence-corrected chi connectivity index (χ3v) is 6.15. The maximum atomic E-state index is 12.4. The van der Waals surface area contributed by atoms with Crippen molar-refractivity contribution in [3.8, 4) is 11.4 Å². The minimum atomic E-state index is 0.0554. The van der Waals surface area contributed by atoms with Crippen LogP contribution in [-0.4, -0.2) is 63.6 Å². The van der Waals surface area contributed by atoms with Gasteiger partial charge in [0.1, 0.15) is 0 Å². The molecular formula is C23H27N5O2S. The Balaban J connectivity index is 1.18. The molecule has 1 aliphatic heterocycles. The quantitative estimate of drug-likeness (QED) is 0.526. The summed E-state index contributed by atoms with van der Waals surface area (Å²) >= 11 is 1.59. The fraction of sp³-hybridized carbons (Fsp3) is 0.391. The van der Waals surface area contributed by atoms with Gasteiger partial charge in [-0.25, -0.2) is 4.98 Å². The smallest absolute Gasteiger partial charge is 0.246 e. The average molecular weight is 438 g/mol. The second-order valence-corrected chi connectivity index (χ2v) is 8.84. The molecular weight excluding hydrogens is 410 g/mol. The molecule has 31 heavy (non-hydrogen) atoms. The van der Waals surface area contributed by atoms with E-state index in [9.17, 15) is 4.79 Å². The summed E-state index contributed by atoms with van der Waals surface area (Å²) in [5, 5.41) is 7.07. The standard InChI is InChI=1S/C23H27N5O2S/c1-17-5-7-19(8-6-17)23-25-21(30-26-23)4-3-11-27-12-14-28(15-13-27)22(29)10-9-20-16-31-18(2)24-20/h5-10,16H,3-4,11-15H2,1-2H3/b10-9+. The van der Waals surface area contributed by atoms with Crippen molar-refractivity contribution in [3.05, 3.63) is 57.9 Å². The predicted molar refractivity (Wildman–Crippen MR) is 122 cm³/mol. The highest BCUT2D eigenvalue weighted by Gasteiger charge is 2.19. The van der Waals surface area contributed by atoms with Crippen molar-refractivity contribution >= 4 is 23.3 Å². The van der Waals surface area contributed by atoms with Gasteiger partial charge in [-0.1, -0.05) is 35.0 Å². The summed E-state index contributed by atoms with van der Waals surface area (Å²) in [5.74, 6) is 1.37. The number of aryl methyl sites for hydroxylation is 3. The Morgan fingerprint density at radius 2 is 1.90 bits per heavy atom. The van der Waals surface area contributed by atoms with Gasteiger partial charge in [-0.15, -0.1) is 11.3 Å². The van der Waals surface area contributed by atoms with E-state index in [0.717, 1.165) is 61.8 Å². The van der Waals surface area contributed by atoms with Gasteiger partial charge in [0.05, 0.1) is 10.7 Å². The molecule has 0 unspecified atom stereocenters. The lowest BCUT2D eigenvalue weighted by molar-refractivity contribution is -0.127. The van der Waals surface area contributed by atoms with Crippen molar-refractivity contribution < 1.29 is 9.32 Å². The van der Waals surface area contributed by atoms with Gasteiger partial charge < -0.3 is 9.42 Å². The largest absolute Gasteiger partial charge is 0.339 e. The second kappa shape index (κ2) is 9.98. The highest BCUT2D eigenvalue weighted by Crippen LogP contribution is 2.17. The van der Waals surface area contributed by atoms with Crippen LogP contribution in [0, 0.1) is 13.8 Å². The minimum absolute atomic E-state index is 0.0554. The van der Waals surface area contributed by atoms with Crippen LogP contribution in [0.3, 0.4) is 0 Å². The zero-order chi connectivity index (χ0) is 21.6. The third kappa shape index (κ3) is 5.86. The fourth-order valence-corrected chi connectivity index (χ4v) is 4.12. The van der Waals surface area contributed by atoms with Crippen LogP contribution in [0.2, 0.25) is 0 Å². The normalized spacial score (nSPS) is 15.1. The van der Waals surface area contributed by atoms with Gasteiger partial charge in [-0.05, 0) is 32.9 Å². The SMILES string of the molecule is Cc1ccc(-c2noc(CCCN3CCN(C(=O)/C=C/c4csc(C)n4)CC3)n2)cc1. The Kier molecular flexibility index (Phi) is 6.89. The lowest BCUT2D eigenvalue weighted by atomic mass is 10.1. The lowest BCUT2D eigenvalue weighted by Crippen LogP contribution is -2.48. The summed E-state index contributed by atoms with van der Waals surface area (Å²) < 4.78 is 5.41. The Morgan fingerprint density at radius 3 is 2.61 bits per heavy atom. The molecule has 0 radical (unpaired) electrons. The number of hydrogen-bond donors (Lipinski definition) is 0. The van der Waals surface area contributed by atoms with Crippen LogP contribution in [0.15, 0.2) is 40.2 Å². The molecule has 3 heterocycles. The van der Waals surface area contributed by atoms with Gasteiger partial charge in [-0.3, -0.25) is 9.69 Å². The molecule has 0 spiro atoms. The van der Waals surface area contributed by atoms with Gasteiger partial charge >= 0.3 is 0 Å². The van der Waals surface area contributed by atoms with Crippen molar-refractivity contribution in [1.29, 1.82) is 0 Å². The second-order valence-electron chi connectivity index (χ2n) is 7.77. The molecule has 1 fully saturated rings. The zero-order valence-corrected chi connectivity index (χ0v) is 18.8. The molecule has 0 N–H and O–H groups in total.